The molecule has 0 fully saturated rings. The Balaban J connectivity index is 0.000000488. The van der Waals surface area contributed by atoms with Crippen molar-refractivity contribution in [3.63, 3.8) is 0 Å². The van der Waals surface area contributed by atoms with Gasteiger partial charge < -0.3 is 18.9 Å². The average molecular weight is 1050 g/mol. The van der Waals surface area contributed by atoms with E-state index >= 15 is 0 Å². The SMILES string of the molecule is C=COC(=O)C(C)(C)C.CC(=S)SC(CC(C)C(=O)c1ccc(F)cc1)OC(=O)C(C)(C)C.CC1CC(OC(=O)C(C)(C)C)c2cc(F)ccc2C1=O.CCOC(=S)SC(C)C(=O)c1ccc(F)cc1. The monoisotopic (exact) mass is 1050 g/mol. The van der Waals surface area contributed by atoms with Gasteiger partial charge in [0.25, 0.3) is 0 Å². The summed E-state index contributed by atoms with van der Waals surface area (Å²) in [7, 11) is 0. The molecule has 3 aromatic carbocycles. The quantitative estimate of drug-likeness (QED) is 0.0424. The van der Waals surface area contributed by atoms with Crippen molar-refractivity contribution in [2.24, 2.45) is 28.1 Å². The van der Waals surface area contributed by atoms with Gasteiger partial charge in [-0.2, -0.15) is 0 Å². The van der Waals surface area contributed by atoms with E-state index in [0.29, 0.717) is 50.3 Å². The Morgan fingerprint density at radius 2 is 1.21 bits per heavy atom. The van der Waals surface area contributed by atoms with Gasteiger partial charge in [0.05, 0.1) is 34.4 Å². The van der Waals surface area contributed by atoms with Crippen molar-refractivity contribution in [3.8, 4) is 0 Å². The lowest BCUT2D eigenvalue weighted by Crippen LogP contribution is -2.30. The maximum Gasteiger partial charge on any atom is 0.316 e. The zero-order valence-corrected chi connectivity index (χ0v) is 45.8. The van der Waals surface area contributed by atoms with Crippen LogP contribution in [0.25, 0.3) is 0 Å². The molecule has 384 valence electrons. The van der Waals surface area contributed by atoms with Crippen LogP contribution >= 0.6 is 48.0 Å². The lowest BCUT2D eigenvalue weighted by Gasteiger charge is -2.30. The molecule has 3 aromatic rings. The molecule has 1 aliphatic carbocycles. The van der Waals surface area contributed by atoms with Crippen LogP contribution in [0.3, 0.4) is 0 Å². The Bertz CT molecular complexity index is 2300. The molecule has 0 heterocycles. The fraction of sp³-hybridized carbons (Fsp3) is 0.472. The minimum Gasteiger partial charge on any atom is -0.479 e. The number of Topliss-reactive ketones (excluding diaryl/α,β-unsaturated/α-hetero) is 3. The van der Waals surface area contributed by atoms with Gasteiger partial charge in [0.2, 0.25) is 4.38 Å². The van der Waals surface area contributed by atoms with Crippen LogP contribution in [0.1, 0.15) is 153 Å². The smallest absolute Gasteiger partial charge is 0.316 e. The second kappa shape index (κ2) is 29.0. The van der Waals surface area contributed by atoms with Crippen molar-refractivity contribution >= 4 is 91.8 Å². The summed E-state index contributed by atoms with van der Waals surface area (Å²) < 4.78 is 60.7. The zero-order valence-electron chi connectivity index (χ0n) is 42.5. The molecule has 0 aromatic heterocycles. The number of hydrogen-bond donors (Lipinski definition) is 0. The highest BCUT2D eigenvalue weighted by Crippen LogP contribution is 2.37. The second-order valence-corrected chi connectivity index (χ2v) is 23.4. The number of thiocarbonyl (C=S) groups is 2. The molecule has 0 aliphatic heterocycles. The Morgan fingerprint density at radius 3 is 1.64 bits per heavy atom. The molecule has 0 amide bonds. The van der Waals surface area contributed by atoms with Crippen molar-refractivity contribution in [2.45, 2.75) is 127 Å². The van der Waals surface area contributed by atoms with Gasteiger partial charge >= 0.3 is 17.9 Å². The Kier molecular flexibility index (Phi) is 26.2. The van der Waals surface area contributed by atoms with Crippen LogP contribution in [-0.2, 0) is 33.3 Å². The summed E-state index contributed by atoms with van der Waals surface area (Å²) in [6, 6.07) is 14.9. The van der Waals surface area contributed by atoms with Crippen molar-refractivity contribution in [3.05, 3.63) is 119 Å². The van der Waals surface area contributed by atoms with E-state index in [1.165, 1.54) is 90.3 Å². The molecular formula is C53H67F3O10S4. The van der Waals surface area contributed by atoms with Gasteiger partial charge in [-0.15, -0.1) is 0 Å². The van der Waals surface area contributed by atoms with E-state index < -0.39 is 33.6 Å². The molecule has 1 aliphatic rings. The number of benzene rings is 3. The van der Waals surface area contributed by atoms with Crippen LogP contribution in [0, 0.1) is 45.5 Å². The van der Waals surface area contributed by atoms with Gasteiger partial charge in [-0.05, 0) is 168 Å². The molecular weight excluding hydrogens is 982 g/mol. The van der Waals surface area contributed by atoms with Crippen LogP contribution in [0.4, 0.5) is 13.2 Å². The van der Waals surface area contributed by atoms with E-state index in [2.05, 4.69) is 11.3 Å². The highest BCUT2D eigenvalue weighted by atomic mass is 32.2. The molecule has 0 spiro atoms. The van der Waals surface area contributed by atoms with Gasteiger partial charge in [0.1, 0.15) is 23.6 Å². The molecule has 17 heteroatoms. The number of thioether (sulfide) groups is 2. The van der Waals surface area contributed by atoms with E-state index in [0.717, 1.165) is 6.26 Å². The Morgan fingerprint density at radius 1 is 0.743 bits per heavy atom. The molecule has 0 bridgehead atoms. The molecule has 5 unspecified atom stereocenters. The number of esters is 3. The topological polar surface area (TPSA) is 139 Å². The molecule has 70 heavy (non-hydrogen) atoms. The summed E-state index contributed by atoms with van der Waals surface area (Å²) in [5, 5.41) is -0.334. The Hall–Kier alpha value is -4.71. The fourth-order valence-corrected chi connectivity index (χ4v) is 8.09. The first-order valence-electron chi connectivity index (χ1n) is 22.4. The van der Waals surface area contributed by atoms with E-state index in [4.69, 9.17) is 38.6 Å². The molecule has 0 saturated heterocycles. The highest BCUT2D eigenvalue weighted by molar-refractivity contribution is 8.23. The number of carbonyl (C=O) groups excluding carboxylic acids is 6. The van der Waals surface area contributed by atoms with Gasteiger partial charge in [0.15, 0.2) is 22.8 Å². The molecule has 4 rings (SSSR count). The van der Waals surface area contributed by atoms with Crippen LogP contribution in [0.2, 0.25) is 0 Å². The van der Waals surface area contributed by atoms with Crippen molar-refractivity contribution in [1.29, 1.82) is 0 Å². The van der Waals surface area contributed by atoms with Crippen LogP contribution < -0.4 is 0 Å². The third kappa shape index (κ3) is 22.6. The summed E-state index contributed by atoms with van der Waals surface area (Å²) in [5.74, 6) is -2.94. The summed E-state index contributed by atoms with van der Waals surface area (Å²) in [5.41, 5.74) is -0.346. The fourth-order valence-electron chi connectivity index (χ4n) is 5.61. The zero-order chi connectivity index (χ0) is 53.9. The third-order valence-corrected chi connectivity index (χ3v) is 12.1. The minimum absolute atomic E-state index is 0.0249. The van der Waals surface area contributed by atoms with Crippen molar-refractivity contribution in [1.82, 2.24) is 0 Å². The largest absolute Gasteiger partial charge is 0.479 e. The first-order chi connectivity index (χ1) is 32.2. The van der Waals surface area contributed by atoms with Crippen LogP contribution in [0.5, 0.6) is 0 Å². The molecule has 0 radical (unpaired) electrons. The molecule has 10 nitrogen and oxygen atoms in total. The van der Waals surface area contributed by atoms with Gasteiger partial charge in [0, 0.05) is 44.7 Å². The number of hydrogen-bond acceptors (Lipinski definition) is 14. The Labute approximate surface area is 431 Å². The van der Waals surface area contributed by atoms with E-state index in [9.17, 15) is 41.9 Å². The summed E-state index contributed by atoms with van der Waals surface area (Å²) in [6.45, 7) is 28.6. The standard InChI is InChI=1S/C18H23FO3S2.C16H19FO3.C12H13FO2S2.C7H12O2/c1-11(16(20)13-6-8-14(19)9-7-13)10-15(24-12(2)23)22-17(21)18(3,4)5;1-9-7-13(20-15(19)16(2,3)4)12-8-10(17)5-6-11(12)14(9)18;1-3-15-12(16)17-8(2)11(14)9-4-6-10(13)7-5-9;1-5-9-6(8)7(2,3)4/h6-9,11,15H,10H2,1-5H3;5-6,8-9,13H,7H2,1-4H3;4-8H,3H2,1-2H3;5H,1H2,2-4H3. The predicted molar refractivity (Wildman–Crippen MR) is 280 cm³/mol. The number of halogens is 3. The minimum atomic E-state index is -0.627. The van der Waals surface area contributed by atoms with Crippen LogP contribution in [-0.4, -0.2) is 61.1 Å². The maximum absolute atomic E-state index is 13.4. The van der Waals surface area contributed by atoms with E-state index in [1.807, 2.05) is 6.92 Å². The highest BCUT2D eigenvalue weighted by Gasteiger charge is 2.36. The first kappa shape index (κ1) is 63.3. The molecule has 5 atom stereocenters. The number of carbonyl (C=O) groups is 6. The second-order valence-electron chi connectivity index (χ2n) is 19.2. The van der Waals surface area contributed by atoms with Gasteiger partial charge in [-0.25, -0.2) is 13.2 Å². The van der Waals surface area contributed by atoms with E-state index in [-0.39, 0.29) is 64.0 Å². The lowest BCUT2D eigenvalue weighted by molar-refractivity contribution is -0.160. The number of ketones is 3. The summed E-state index contributed by atoms with van der Waals surface area (Å²) in [4.78, 5) is 71.4. The van der Waals surface area contributed by atoms with Crippen LogP contribution in [0.15, 0.2) is 79.6 Å². The van der Waals surface area contributed by atoms with Crippen molar-refractivity contribution < 1.29 is 60.9 Å². The van der Waals surface area contributed by atoms with Crippen molar-refractivity contribution in [2.75, 3.05) is 6.61 Å². The summed E-state index contributed by atoms with van der Waals surface area (Å²) in [6.07, 6.45) is 1.33. The first-order valence-corrected chi connectivity index (χ1v) is 25.0. The number of ether oxygens (including phenoxy) is 4. The normalized spacial score (nSPS) is 15.4. The van der Waals surface area contributed by atoms with Gasteiger partial charge in [-0.3, -0.25) is 28.8 Å². The predicted octanol–water partition coefficient (Wildman–Crippen LogP) is 13.9. The van der Waals surface area contributed by atoms with Gasteiger partial charge in [-0.1, -0.05) is 56.2 Å². The molecule has 0 N–H and O–H groups in total. The lowest BCUT2D eigenvalue weighted by atomic mass is 9.81. The maximum atomic E-state index is 13.4. The average Bonchev–Trinajstić information content (AvgIpc) is 3.25. The van der Waals surface area contributed by atoms with E-state index in [1.54, 1.807) is 90.0 Å². The third-order valence-electron chi connectivity index (χ3n) is 9.61. The summed E-state index contributed by atoms with van der Waals surface area (Å²) >= 11 is 12.5. The molecule has 0 saturated carbocycles. The number of rotatable bonds is 12. The number of fused-ring (bicyclic) bond motifs is 1.